The van der Waals surface area contributed by atoms with E-state index >= 15 is 0 Å². The summed E-state index contributed by atoms with van der Waals surface area (Å²) in [5.41, 5.74) is 1.72. The van der Waals surface area contributed by atoms with E-state index in [1.165, 1.54) is 13.3 Å². The van der Waals surface area contributed by atoms with E-state index in [1.54, 1.807) is 13.1 Å². The molecule has 0 aliphatic carbocycles. The Bertz CT molecular complexity index is 584. The van der Waals surface area contributed by atoms with Gasteiger partial charge in [0.1, 0.15) is 5.56 Å². The molecule has 0 unspecified atom stereocenters. The van der Waals surface area contributed by atoms with Crippen LogP contribution in [0.25, 0.3) is 10.9 Å². The number of pyridine rings is 1. The van der Waals surface area contributed by atoms with E-state index in [9.17, 15) is 4.79 Å². The molecule has 0 radical (unpaired) electrons. The van der Waals surface area contributed by atoms with Crippen molar-refractivity contribution in [1.82, 2.24) is 4.98 Å². The molecule has 0 aliphatic rings. The van der Waals surface area contributed by atoms with E-state index in [4.69, 9.17) is 16.3 Å². The molecule has 4 nitrogen and oxygen atoms in total. The standard InChI is InChI=1S/C12H11ClN2O2/c1-14-10-7-4-3-5-9(13)11(7)15-6-8(10)12(16)17-2/h3-6H,1-2H3,(H,14,15). The van der Waals surface area contributed by atoms with Crippen molar-refractivity contribution in [2.45, 2.75) is 0 Å². The Morgan fingerprint density at radius 2 is 2.24 bits per heavy atom. The predicted molar refractivity (Wildman–Crippen MR) is 67.6 cm³/mol. The normalized spacial score (nSPS) is 10.3. The van der Waals surface area contributed by atoms with Gasteiger partial charge in [-0.05, 0) is 6.07 Å². The average Bonchev–Trinajstić information content (AvgIpc) is 2.37. The van der Waals surface area contributed by atoms with Gasteiger partial charge in [-0.2, -0.15) is 0 Å². The minimum atomic E-state index is -0.427. The van der Waals surface area contributed by atoms with Crippen LogP contribution in [-0.4, -0.2) is 25.1 Å². The van der Waals surface area contributed by atoms with Gasteiger partial charge in [0, 0.05) is 18.6 Å². The largest absolute Gasteiger partial charge is 0.465 e. The molecule has 88 valence electrons. The average molecular weight is 251 g/mol. The first kappa shape index (κ1) is 11.7. The third kappa shape index (κ3) is 1.91. The summed E-state index contributed by atoms with van der Waals surface area (Å²) >= 11 is 6.05. The van der Waals surface area contributed by atoms with Gasteiger partial charge in [0.15, 0.2) is 0 Å². The van der Waals surface area contributed by atoms with Crippen LogP contribution in [0, 0.1) is 0 Å². The Hall–Kier alpha value is -1.81. The van der Waals surface area contributed by atoms with Crippen molar-refractivity contribution in [1.29, 1.82) is 0 Å². The molecule has 5 heteroatoms. The van der Waals surface area contributed by atoms with Crippen molar-refractivity contribution in [3.63, 3.8) is 0 Å². The Morgan fingerprint density at radius 1 is 1.47 bits per heavy atom. The number of carbonyl (C=O) groups is 1. The summed E-state index contributed by atoms with van der Waals surface area (Å²) in [4.78, 5) is 15.8. The molecule has 0 spiro atoms. The molecule has 2 rings (SSSR count). The lowest BCUT2D eigenvalue weighted by Gasteiger charge is -2.10. The number of ether oxygens (including phenoxy) is 1. The molecule has 0 aliphatic heterocycles. The number of fused-ring (bicyclic) bond motifs is 1. The molecular formula is C12H11ClN2O2. The summed E-state index contributed by atoms with van der Waals surface area (Å²) in [7, 11) is 3.08. The minimum Gasteiger partial charge on any atom is -0.465 e. The zero-order valence-electron chi connectivity index (χ0n) is 9.45. The number of benzene rings is 1. The van der Waals surface area contributed by atoms with Gasteiger partial charge < -0.3 is 10.1 Å². The molecule has 17 heavy (non-hydrogen) atoms. The Kier molecular flexibility index (Phi) is 3.15. The van der Waals surface area contributed by atoms with Gasteiger partial charge in [0.2, 0.25) is 0 Å². The fourth-order valence-electron chi connectivity index (χ4n) is 1.72. The minimum absolute atomic E-state index is 0.393. The highest BCUT2D eigenvalue weighted by Crippen LogP contribution is 2.30. The number of para-hydroxylation sites is 1. The Morgan fingerprint density at radius 3 is 2.88 bits per heavy atom. The molecule has 1 heterocycles. The second-order valence-electron chi connectivity index (χ2n) is 3.42. The lowest BCUT2D eigenvalue weighted by molar-refractivity contribution is 0.0601. The molecule has 0 amide bonds. The molecule has 0 atom stereocenters. The quantitative estimate of drug-likeness (QED) is 0.833. The third-order valence-electron chi connectivity index (χ3n) is 2.50. The second-order valence-corrected chi connectivity index (χ2v) is 3.83. The maximum Gasteiger partial charge on any atom is 0.341 e. The molecule has 0 bridgehead atoms. The van der Waals surface area contributed by atoms with E-state index < -0.39 is 5.97 Å². The third-order valence-corrected chi connectivity index (χ3v) is 2.81. The SMILES string of the molecule is CNc1c(C(=O)OC)cnc2c(Cl)cccc12. The number of aromatic nitrogens is 1. The van der Waals surface area contributed by atoms with Gasteiger partial charge in [0.25, 0.3) is 0 Å². The number of hydrogen-bond donors (Lipinski definition) is 1. The molecule has 1 aromatic carbocycles. The van der Waals surface area contributed by atoms with Gasteiger partial charge >= 0.3 is 5.97 Å². The monoisotopic (exact) mass is 250 g/mol. The van der Waals surface area contributed by atoms with E-state index in [1.807, 2.05) is 12.1 Å². The summed E-state index contributed by atoms with van der Waals surface area (Å²) in [5, 5.41) is 4.33. The van der Waals surface area contributed by atoms with Crippen molar-refractivity contribution in [3.05, 3.63) is 35.0 Å². The van der Waals surface area contributed by atoms with Crippen LogP contribution in [0.2, 0.25) is 5.02 Å². The lowest BCUT2D eigenvalue weighted by Crippen LogP contribution is -2.07. The number of halogens is 1. The topological polar surface area (TPSA) is 51.2 Å². The zero-order chi connectivity index (χ0) is 12.4. The van der Waals surface area contributed by atoms with Crippen molar-refractivity contribution in [3.8, 4) is 0 Å². The van der Waals surface area contributed by atoms with Crippen molar-refractivity contribution < 1.29 is 9.53 Å². The molecule has 2 aromatic rings. The van der Waals surface area contributed by atoms with Gasteiger partial charge in [-0.15, -0.1) is 0 Å². The van der Waals surface area contributed by atoms with Crippen LogP contribution in [0.4, 0.5) is 5.69 Å². The number of nitrogens with one attached hydrogen (secondary N) is 1. The van der Waals surface area contributed by atoms with Gasteiger partial charge in [-0.25, -0.2) is 4.79 Å². The molecule has 0 saturated heterocycles. The van der Waals surface area contributed by atoms with Crippen LogP contribution in [0.15, 0.2) is 24.4 Å². The fourth-order valence-corrected chi connectivity index (χ4v) is 1.94. The van der Waals surface area contributed by atoms with Crippen molar-refractivity contribution in [2.75, 3.05) is 19.5 Å². The number of anilines is 1. The summed E-state index contributed by atoms with van der Waals surface area (Å²) in [6.07, 6.45) is 1.46. The Labute approximate surface area is 104 Å². The molecule has 0 fully saturated rings. The number of esters is 1. The van der Waals surface area contributed by atoms with Crippen LogP contribution < -0.4 is 5.32 Å². The maximum atomic E-state index is 11.6. The van der Waals surface area contributed by atoms with Crippen LogP contribution in [0.3, 0.4) is 0 Å². The summed E-state index contributed by atoms with van der Waals surface area (Å²) < 4.78 is 4.71. The van der Waals surface area contributed by atoms with Crippen LogP contribution in [-0.2, 0) is 4.74 Å². The first-order valence-electron chi connectivity index (χ1n) is 5.02. The zero-order valence-corrected chi connectivity index (χ0v) is 10.2. The number of carbonyl (C=O) groups excluding carboxylic acids is 1. The molecule has 1 aromatic heterocycles. The van der Waals surface area contributed by atoms with Crippen LogP contribution in [0.5, 0.6) is 0 Å². The first-order valence-corrected chi connectivity index (χ1v) is 5.40. The van der Waals surface area contributed by atoms with Crippen molar-refractivity contribution >= 4 is 34.2 Å². The number of hydrogen-bond acceptors (Lipinski definition) is 4. The smallest absolute Gasteiger partial charge is 0.341 e. The van der Waals surface area contributed by atoms with Crippen LogP contribution in [0.1, 0.15) is 10.4 Å². The van der Waals surface area contributed by atoms with Gasteiger partial charge in [-0.3, -0.25) is 4.98 Å². The maximum absolute atomic E-state index is 11.6. The Balaban J connectivity index is 2.78. The number of rotatable bonds is 2. The predicted octanol–water partition coefficient (Wildman–Crippen LogP) is 2.72. The van der Waals surface area contributed by atoms with E-state index in [0.29, 0.717) is 21.8 Å². The molecule has 1 N–H and O–H groups in total. The lowest BCUT2D eigenvalue weighted by atomic mass is 10.1. The number of nitrogens with zero attached hydrogens (tertiary/aromatic N) is 1. The van der Waals surface area contributed by atoms with Gasteiger partial charge in [-0.1, -0.05) is 23.7 Å². The van der Waals surface area contributed by atoms with E-state index in [2.05, 4.69) is 10.3 Å². The first-order chi connectivity index (χ1) is 8.19. The number of methoxy groups -OCH3 is 1. The van der Waals surface area contributed by atoms with Gasteiger partial charge in [0.05, 0.1) is 23.3 Å². The summed E-state index contributed by atoms with van der Waals surface area (Å²) in [6, 6.07) is 5.43. The van der Waals surface area contributed by atoms with Crippen LogP contribution >= 0.6 is 11.6 Å². The highest BCUT2D eigenvalue weighted by Gasteiger charge is 2.15. The fraction of sp³-hybridized carbons (Fsp3) is 0.167. The van der Waals surface area contributed by atoms with E-state index in [0.717, 1.165) is 5.39 Å². The summed E-state index contributed by atoms with van der Waals surface area (Å²) in [5.74, 6) is -0.427. The highest BCUT2D eigenvalue weighted by molar-refractivity contribution is 6.35. The molecule has 0 saturated carbocycles. The summed E-state index contributed by atoms with van der Waals surface area (Å²) in [6.45, 7) is 0. The second kappa shape index (κ2) is 4.59. The molecular weight excluding hydrogens is 240 g/mol. The van der Waals surface area contributed by atoms with E-state index in [-0.39, 0.29) is 0 Å². The highest BCUT2D eigenvalue weighted by atomic mass is 35.5. The van der Waals surface area contributed by atoms with Crippen molar-refractivity contribution in [2.24, 2.45) is 0 Å².